The van der Waals surface area contributed by atoms with Gasteiger partial charge in [-0.2, -0.15) is 0 Å². The molecule has 0 aromatic heterocycles. The summed E-state index contributed by atoms with van der Waals surface area (Å²) in [4.78, 5) is 27.0. The number of para-hydroxylation sites is 2. The highest BCUT2D eigenvalue weighted by atomic mass is 16.5. The number of nitrogens with one attached hydrogen (secondary N) is 1. The molecule has 3 rings (SSSR count). The van der Waals surface area contributed by atoms with Gasteiger partial charge in [-0.1, -0.05) is 25.1 Å². The number of amides is 2. The van der Waals surface area contributed by atoms with Crippen molar-refractivity contribution in [3.8, 4) is 17.2 Å². The Morgan fingerprint density at radius 2 is 1.93 bits per heavy atom. The first-order chi connectivity index (χ1) is 14.6. The molecule has 158 valence electrons. The second-order valence-electron chi connectivity index (χ2n) is 6.76. The molecular formula is C23H26N2O5. The molecule has 1 N–H and O–H groups in total. The van der Waals surface area contributed by atoms with E-state index in [1.165, 1.54) is 6.08 Å². The zero-order chi connectivity index (χ0) is 21.5. The molecule has 0 aliphatic carbocycles. The molecule has 30 heavy (non-hydrogen) atoms. The van der Waals surface area contributed by atoms with Gasteiger partial charge >= 0.3 is 0 Å². The Morgan fingerprint density at radius 3 is 2.67 bits per heavy atom. The monoisotopic (exact) mass is 410 g/mol. The Bertz CT molecular complexity index is 941. The molecule has 2 amide bonds. The van der Waals surface area contributed by atoms with Crippen LogP contribution in [0.4, 0.5) is 5.69 Å². The number of carbonyl (C=O) groups excluding carboxylic acids is 2. The van der Waals surface area contributed by atoms with E-state index in [2.05, 4.69) is 5.32 Å². The van der Waals surface area contributed by atoms with Gasteiger partial charge in [0.15, 0.2) is 17.6 Å². The highest BCUT2D eigenvalue weighted by molar-refractivity contribution is 6.05. The topological polar surface area (TPSA) is 77.1 Å². The van der Waals surface area contributed by atoms with Crippen molar-refractivity contribution in [2.45, 2.75) is 19.4 Å². The van der Waals surface area contributed by atoms with Gasteiger partial charge in [0.25, 0.3) is 11.8 Å². The first-order valence-corrected chi connectivity index (χ1v) is 9.82. The quantitative estimate of drug-likeness (QED) is 0.710. The van der Waals surface area contributed by atoms with E-state index in [0.29, 0.717) is 29.5 Å². The SMILES string of the molecule is CCCNC(=O)[C@H]1CN(C(=O)/C=C/c2ccc(OC)c(OC)c2)c2ccccc2O1. The van der Waals surface area contributed by atoms with Gasteiger partial charge in [-0.25, -0.2) is 0 Å². The standard InChI is InChI=1S/C23H26N2O5/c1-4-13-24-23(27)21-15-25(17-7-5-6-8-18(17)30-21)22(26)12-10-16-9-11-19(28-2)20(14-16)29-3/h5-12,14,21H,4,13,15H2,1-3H3,(H,24,27)/b12-10+/t21-/m1/s1. The van der Waals surface area contributed by atoms with Crippen LogP contribution in [-0.4, -0.2) is 45.2 Å². The molecule has 0 spiro atoms. The Balaban J connectivity index is 1.81. The number of methoxy groups -OCH3 is 2. The van der Waals surface area contributed by atoms with Gasteiger partial charge in [0.05, 0.1) is 26.5 Å². The largest absolute Gasteiger partial charge is 0.493 e. The molecule has 2 aromatic carbocycles. The van der Waals surface area contributed by atoms with Gasteiger partial charge in [0.2, 0.25) is 0 Å². The van der Waals surface area contributed by atoms with Crippen LogP contribution < -0.4 is 24.4 Å². The summed E-state index contributed by atoms with van der Waals surface area (Å²) in [6.07, 6.45) is 3.25. The molecular weight excluding hydrogens is 384 g/mol. The highest BCUT2D eigenvalue weighted by Crippen LogP contribution is 2.33. The zero-order valence-electron chi connectivity index (χ0n) is 17.4. The highest BCUT2D eigenvalue weighted by Gasteiger charge is 2.32. The number of benzene rings is 2. The summed E-state index contributed by atoms with van der Waals surface area (Å²) >= 11 is 0. The average Bonchev–Trinajstić information content (AvgIpc) is 2.79. The summed E-state index contributed by atoms with van der Waals surface area (Å²) in [6.45, 7) is 2.68. The number of fused-ring (bicyclic) bond motifs is 1. The summed E-state index contributed by atoms with van der Waals surface area (Å²) in [6, 6.07) is 12.6. The Kier molecular flexibility index (Phi) is 6.95. The fraction of sp³-hybridized carbons (Fsp3) is 0.304. The minimum Gasteiger partial charge on any atom is -0.493 e. The molecule has 0 bridgehead atoms. The zero-order valence-corrected chi connectivity index (χ0v) is 17.4. The van der Waals surface area contributed by atoms with Crippen LogP contribution in [0.5, 0.6) is 17.2 Å². The molecule has 1 aliphatic rings. The first-order valence-electron chi connectivity index (χ1n) is 9.82. The predicted molar refractivity (Wildman–Crippen MR) is 115 cm³/mol. The van der Waals surface area contributed by atoms with Crippen LogP contribution in [-0.2, 0) is 9.59 Å². The van der Waals surface area contributed by atoms with E-state index in [1.54, 1.807) is 49.5 Å². The van der Waals surface area contributed by atoms with E-state index in [9.17, 15) is 9.59 Å². The van der Waals surface area contributed by atoms with Crippen molar-refractivity contribution in [2.75, 3.05) is 32.2 Å². The van der Waals surface area contributed by atoms with Crippen LogP contribution in [0.2, 0.25) is 0 Å². The van der Waals surface area contributed by atoms with Gasteiger partial charge in [-0.05, 0) is 42.3 Å². The predicted octanol–water partition coefficient (Wildman–Crippen LogP) is 3.04. The van der Waals surface area contributed by atoms with E-state index < -0.39 is 6.10 Å². The lowest BCUT2D eigenvalue weighted by atomic mass is 10.1. The second kappa shape index (κ2) is 9.82. The van der Waals surface area contributed by atoms with Crippen molar-refractivity contribution in [1.82, 2.24) is 5.32 Å². The Labute approximate surface area is 176 Å². The average molecular weight is 410 g/mol. The normalized spacial score (nSPS) is 15.3. The molecule has 0 saturated heterocycles. The number of anilines is 1. The van der Waals surface area contributed by atoms with Crippen LogP contribution in [0.1, 0.15) is 18.9 Å². The molecule has 0 saturated carbocycles. The molecule has 0 radical (unpaired) electrons. The van der Waals surface area contributed by atoms with Crippen LogP contribution in [0.25, 0.3) is 6.08 Å². The van der Waals surface area contributed by atoms with Crippen LogP contribution in [0, 0.1) is 0 Å². The molecule has 1 atom stereocenters. The van der Waals surface area contributed by atoms with Crippen LogP contribution in [0.15, 0.2) is 48.5 Å². The van der Waals surface area contributed by atoms with Crippen molar-refractivity contribution >= 4 is 23.6 Å². The van der Waals surface area contributed by atoms with Gasteiger partial charge in [-0.3, -0.25) is 9.59 Å². The third-order valence-corrected chi connectivity index (χ3v) is 4.71. The molecule has 0 fully saturated rings. The van der Waals surface area contributed by atoms with E-state index in [-0.39, 0.29) is 18.4 Å². The molecule has 1 heterocycles. The third-order valence-electron chi connectivity index (χ3n) is 4.71. The van der Waals surface area contributed by atoms with Gasteiger partial charge in [0.1, 0.15) is 5.75 Å². The number of hydrogen-bond donors (Lipinski definition) is 1. The number of carbonyl (C=O) groups is 2. The van der Waals surface area contributed by atoms with E-state index in [4.69, 9.17) is 14.2 Å². The van der Waals surface area contributed by atoms with Crippen molar-refractivity contribution in [1.29, 1.82) is 0 Å². The van der Waals surface area contributed by atoms with Crippen molar-refractivity contribution in [2.24, 2.45) is 0 Å². The number of nitrogens with zero attached hydrogens (tertiary/aromatic N) is 1. The van der Waals surface area contributed by atoms with Gasteiger partial charge in [0, 0.05) is 12.6 Å². The number of hydrogen-bond acceptors (Lipinski definition) is 5. The van der Waals surface area contributed by atoms with Crippen molar-refractivity contribution in [3.05, 3.63) is 54.1 Å². The summed E-state index contributed by atoms with van der Waals surface area (Å²) in [5.74, 6) is 1.23. The third kappa shape index (κ3) is 4.74. The summed E-state index contributed by atoms with van der Waals surface area (Å²) in [7, 11) is 3.13. The maximum absolute atomic E-state index is 13.0. The van der Waals surface area contributed by atoms with E-state index >= 15 is 0 Å². The minimum atomic E-state index is -0.759. The van der Waals surface area contributed by atoms with Crippen LogP contribution >= 0.6 is 0 Å². The lowest BCUT2D eigenvalue weighted by molar-refractivity contribution is -0.128. The minimum absolute atomic E-state index is 0.141. The van der Waals surface area contributed by atoms with Gasteiger partial charge in [-0.15, -0.1) is 0 Å². The number of ether oxygens (including phenoxy) is 3. The fourth-order valence-electron chi connectivity index (χ4n) is 3.16. The first kappa shape index (κ1) is 21.2. The summed E-state index contributed by atoms with van der Waals surface area (Å²) in [5, 5.41) is 2.83. The van der Waals surface area contributed by atoms with Crippen molar-refractivity contribution in [3.63, 3.8) is 0 Å². The van der Waals surface area contributed by atoms with Crippen molar-refractivity contribution < 1.29 is 23.8 Å². The second-order valence-corrected chi connectivity index (χ2v) is 6.76. The summed E-state index contributed by atoms with van der Waals surface area (Å²) < 4.78 is 16.4. The Morgan fingerprint density at radius 1 is 1.17 bits per heavy atom. The smallest absolute Gasteiger partial charge is 0.262 e. The van der Waals surface area contributed by atoms with Crippen LogP contribution in [0.3, 0.4) is 0 Å². The molecule has 1 aliphatic heterocycles. The molecule has 2 aromatic rings. The molecule has 0 unspecified atom stereocenters. The Hall–Kier alpha value is -3.48. The maximum atomic E-state index is 13.0. The number of rotatable bonds is 7. The molecule has 7 nitrogen and oxygen atoms in total. The van der Waals surface area contributed by atoms with Gasteiger partial charge < -0.3 is 24.4 Å². The van der Waals surface area contributed by atoms with E-state index in [1.807, 2.05) is 25.1 Å². The molecule has 7 heteroatoms. The maximum Gasteiger partial charge on any atom is 0.262 e. The summed E-state index contributed by atoms with van der Waals surface area (Å²) in [5.41, 5.74) is 1.43. The van der Waals surface area contributed by atoms with E-state index in [0.717, 1.165) is 12.0 Å². The fourth-order valence-corrected chi connectivity index (χ4v) is 3.16. The lowest BCUT2D eigenvalue weighted by Crippen LogP contribution is -2.50. The lowest BCUT2D eigenvalue weighted by Gasteiger charge is -2.33.